The molecule has 0 saturated carbocycles. The summed E-state index contributed by atoms with van der Waals surface area (Å²) in [5.74, 6) is 0. The van der Waals surface area contributed by atoms with Gasteiger partial charge in [-0.15, -0.1) is 0 Å². The minimum Gasteiger partial charge on any atom is -0.0622 e. The minimum absolute atomic E-state index is 1.23. The zero-order chi connectivity index (χ0) is 21.9. The van der Waals surface area contributed by atoms with E-state index in [0.29, 0.717) is 0 Å². The van der Waals surface area contributed by atoms with Gasteiger partial charge in [0.15, 0.2) is 0 Å². The van der Waals surface area contributed by atoms with Gasteiger partial charge in [0.05, 0.1) is 0 Å². The van der Waals surface area contributed by atoms with Crippen molar-refractivity contribution in [1.29, 1.82) is 0 Å². The highest BCUT2D eigenvalue weighted by molar-refractivity contribution is 14.1. The Labute approximate surface area is 203 Å². The van der Waals surface area contributed by atoms with E-state index in [0.717, 1.165) is 0 Å². The second-order valence-electron chi connectivity index (χ2n) is 8.03. The van der Waals surface area contributed by atoms with Crippen molar-refractivity contribution in [3.8, 4) is 11.1 Å². The van der Waals surface area contributed by atoms with Gasteiger partial charge in [0.2, 0.25) is 0 Å². The van der Waals surface area contributed by atoms with Crippen molar-refractivity contribution >= 4 is 42.5 Å². The molecule has 0 nitrogen and oxygen atoms in total. The van der Waals surface area contributed by atoms with Gasteiger partial charge in [0.1, 0.15) is 0 Å². The van der Waals surface area contributed by atoms with Crippen LogP contribution in [0.3, 0.4) is 0 Å². The second-order valence-corrected chi connectivity index (χ2v) is 9.11. The van der Waals surface area contributed by atoms with E-state index in [4.69, 9.17) is 0 Å². The highest BCUT2D eigenvalue weighted by Gasteiger charge is 2.16. The Kier molecular flexibility index (Phi) is 5.91. The molecule has 5 aromatic rings. The monoisotopic (exact) mass is 522 g/mol. The summed E-state index contributed by atoms with van der Waals surface area (Å²) in [7, 11) is 0. The predicted molar refractivity (Wildman–Crippen MR) is 147 cm³/mol. The summed E-state index contributed by atoms with van der Waals surface area (Å²) >= 11 is 2.55. The molecule has 0 amide bonds. The van der Waals surface area contributed by atoms with Crippen LogP contribution < -0.4 is 0 Å². The summed E-state index contributed by atoms with van der Waals surface area (Å²) < 4.78 is 1.25. The third kappa shape index (κ3) is 4.13. The van der Waals surface area contributed by atoms with Crippen LogP contribution in [0, 0.1) is 6.92 Å². The number of rotatable bonds is 4. The van der Waals surface area contributed by atoms with E-state index in [9.17, 15) is 0 Å². The van der Waals surface area contributed by atoms with Crippen molar-refractivity contribution in [3.63, 3.8) is 0 Å². The number of hydrogen-bond acceptors (Lipinski definition) is 0. The van der Waals surface area contributed by atoms with Crippen molar-refractivity contribution in [2.24, 2.45) is 0 Å². The number of hydrogen-bond donors (Lipinski definition) is 0. The van der Waals surface area contributed by atoms with Gasteiger partial charge in [-0.25, -0.2) is 0 Å². The molecule has 0 aliphatic heterocycles. The Morgan fingerprint density at radius 3 is 1.62 bits per heavy atom. The summed E-state index contributed by atoms with van der Waals surface area (Å²) in [6, 6.07) is 43.6. The third-order valence-corrected chi connectivity index (χ3v) is 6.95. The lowest BCUT2D eigenvalue weighted by Crippen LogP contribution is -1.94. The van der Waals surface area contributed by atoms with Gasteiger partial charge in [0, 0.05) is 9.15 Å². The van der Waals surface area contributed by atoms with E-state index in [1.165, 1.54) is 53.3 Å². The van der Waals surface area contributed by atoms with E-state index >= 15 is 0 Å². The molecule has 1 heteroatoms. The maximum atomic E-state index is 2.55. The average molecular weight is 522 g/mol. The average Bonchev–Trinajstić information content (AvgIpc) is 2.85. The molecule has 5 rings (SSSR count). The Hall–Kier alpha value is -3.17. The van der Waals surface area contributed by atoms with Crippen LogP contribution >= 0.6 is 22.6 Å². The first kappa shape index (κ1) is 20.7. The fraction of sp³-hybridized carbons (Fsp3) is 0.0323. The molecule has 32 heavy (non-hydrogen) atoms. The van der Waals surface area contributed by atoms with Crippen LogP contribution in [0.5, 0.6) is 0 Å². The maximum absolute atomic E-state index is 2.55. The second kappa shape index (κ2) is 9.13. The van der Waals surface area contributed by atoms with Gasteiger partial charge < -0.3 is 0 Å². The molecule has 0 aromatic heterocycles. The van der Waals surface area contributed by atoms with E-state index in [1.807, 2.05) is 0 Å². The lowest BCUT2D eigenvalue weighted by Gasteiger charge is -2.17. The van der Waals surface area contributed by atoms with E-state index in [-0.39, 0.29) is 0 Å². The lowest BCUT2D eigenvalue weighted by atomic mass is 9.90. The highest BCUT2D eigenvalue weighted by atomic mass is 127. The molecular weight excluding hydrogens is 499 g/mol. The molecule has 5 aromatic carbocycles. The standard InChI is InChI=1S/C31H23I/c1-22-16-18-23(19-17-22)28-20-26-14-8-9-15-27(26)21-29(28)31(32)30(24-10-4-2-5-11-24)25-12-6-3-7-13-25/h2-21H,1H3. The molecule has 0 unspecified atom stereocenters. The van der Waals surface area contributed by atoms with Gasteiger partial charge in [-0.1, -0.05) is 115 Å². The first-order valence-electron chi connectivity index (χ1n) is 10.8. The summed E-state index contributed by atoms with van der Waals surface area (Å²) in [5.41, 5.74) is 8.75. The summed E-state index contributed by atoms with van der Waals surface area (Å²) in [5, 5.41) is 2.52. The summed E-state index contributed by atoms with van der Waals surface area (Å²) in [6.07, 6.45) is 0. The largest absolute Gasteiger partial charge is 0.0622 e. The van der Waals surface area contributed by atoms with Crippen LogP contribution in [-0.2, 0) is 0 Å². The molecule has 0 heterocycles. The van der Waals surface area contributed by atoms with Crippen LogP contribution in [0.1, 0.15) is 22.3 Å². The van der Waals surface area contributed by atoms with Gasteiger partial charge >= 0.3 is 0 Å². The SMILES string of the molecule is Cc1ccc(-c2cc3ccccc3cc2C(I)=C(c2ccccc2)c2ccccc2)cc1. The molecule has 0 aliphatic carbocycles. The van der Waals surface area contributed by atoms with Crippen LogP contribution in [0.2, 0.25) is 0 Å². The smallest absolute Gasteiger partial charge is 0.0293 e. The zero-order valence-electron chi connectivity index (χ0n) is 17.9. The Bertz CT molecular complexity index is 1350. The molecule has 154 valence electrons. The van der Waals surface area contributed by atoms with Crippen LogP contribution in [0.4, 0.5) is 0 Å². The fourth-order valence-electron chi connectivity index (χ4n) is 4.16. The predicted octanol–water partition coefficient (Wildman–Crippen LogP) is 9.17. The zero-order valence-corrected chi connectivity index (χ0v) is 20.1. The first-order valence-corrected chi connectivity index (χ1v) is 11.9. The molecule has 0 atom stereocenters. The van der Waals surface area contributed by atoms with E-state index < -0.39 is 0 Å². The lowest BCUT2D eigenvalue weighted by molar-refractivity contribution is 1.47. The quantitative estimate of drug-likeness (QED) is 0.163. The summed E-state index contributed by atoms with van der Waals surface area (Å²) in [6.45, 7) is 2.14. The van der Waals surface area contributed by atoms with E-state index in [2.05, 4.69) is 151 Å². The van der Waals surface area contributed by atoms with Crippen LogP contribution in [-0.4, -0.2) is 0 Å². The van der Waals surface area contributed by atoms with Gasteiger partial charge in [-0.2, -0.15) is 0 Å². The normalized spacial score (nSPS) is 10.8. The van der Waals surface area contributed by atoms with Crippen molar-refractivity contribution in [1.82, 2.24) is 0 Å². The highest BCUT2D eigenvalue weighted by Crippen LogP contribution is 2.42. The Balaban J connectivity index is 1.84. The molecule has 0 aliphatic rings. The molecule has 0 fully saturated rings. The van der Waals surface area contributed by atoms with Crippen LogP contribution in [0.15, 0.2) is 121 Å². The van der Waals surface area contributed by atoms with Crippen molar-refractivity contribution in [2.45, 2.75) is 6.92 Å². The van der Waals surface area contributed by atoms with Gasteiger partial charge in [-0.3, -0.25) is 0 Å². The molecule has 0 radical (unpaired) electrons. The fourth-order valence-corrected chi connectivity index (χ4v) is 5.23. The maximum Gasteiger partial charge on any atom is 0.0293 e. The van der Waals surface area contributed by atoms with Gasteiger partial charge in [0.25, 0.3) is 0 Å². The molecule has 0 spiro atoms. The number of aryl methyl sites for hydroxylation is 1. The molecular formula is C31H23I. The Morgan fingerprint density at radius 2 is 1.06 bits per heavy atom. The first-order chi connectivity index (χ1) is 15.7. The van der Waals surface area contributed by atoms with Crippen molar-refractivity contribution in [3.05, 3.63) is 144 Å². The van der Waals surface area contributed by atoms with Crippen molar-refractivity contribution in [2.75, 3.05) is 0 Å². The number of halogens is 1. The van der Waals surface area contributed by atoms with Crippen molar-refractivity contribution < 1.29 is 0 Å². The molecule has 0 saturated heterocycles. The number of benzene rings is 5. The van der Waals surface area contributed by atoms with E-state index in [1.54, 1.807) is 0 Å². The van der Waals surface area contributed by atoms with Gasteiger partial charge in [-0.05, 0) is 80.2 Å². The number of fused-ring (bicyclic) bond motifs is 1. The molecule has 0 bridgehead atoms. The topological polar surface area (TPSA) is 0 Å². The van der Waals surface area contributed by atoms with Crippen LogP contribution in [0.25, 0.3) is 31.1 Å². The summed E-state index contributed by atoms with van der Waals surface area (Å²) in [4.78, 5) is 0. The molecule has 0 N–H and O–H groups in total. The minimum atomic E-state index is 1.23. The third-order valence-electron chi connectivity index (χ3n) is 5.83. The Morgan fingerprint density at radius 1 is 0.562 bits per heavy atom.